The summed E-state index contributed by atoms with van der Waals surface area (Å²) in [7, 11) is 1.42. The molecule has 0 bridgehead atoms. The standard InChI is InChI=1S/C44H78NO9P/c1-6-8-10-12-14-16-18-20-22-24-26-28-30-34-43(46)50-38-40(39-52-55(48,49)51-37-36-45(3,4)5)53-44(47)35-31-33-42-41(54-42)32-29-27-25-23-21-19-17-15-13-11-9-7-2/h15-18,21,23,27,29,40-42H,6-14,19-20,22,24-26,28,30-39H2,1-5H3/p+1/b17-15-,18-16-,23-21-,29-27-. The van der Waals surface area contributed by atoms with E-state index in [0.29, 0.717) is 23.9 Å². The topological polar surface area (TPSA) is 121 Å². The van der Waals surface area contributed by atoms with Gasteiger partial charge in [-0.25, -0.2) is 4.57 Å². The maximum absolute atomic E-state index is 12.7. The summed E-state index contributed by atoms with van der Waals surface area (Å²) in [6.45, 7) is 4.26. The summed E-state index contributed by atoms with van der Waals surface area (Å²) in [4.78, 5) is 35.4. The molecule has 0 aromatic heterocycles. The van der Waals surface area contributed by atoms with E-state index in [-0.39, 0.29) is 38.3 Å². The van der Waals surface area contributed by atoms with Crippen molar-refractivity contribution in [1.82, 2.24) is 0 Å². The largest absolute Gasteiger partial charge is 0.472 e. The molecule has 4 unspecified atom stereocenters. The lowest BCUT2D eigenvalue weighted by Crippen LogP contribution is -2.37. The third kappa shape index (κ3) is 33.8. The average molecular weight is 797 g/mol. The molecule has 0 aromatic rings. The highest BCUT2D eigenvalue weighted by atomic mass is 31.2. The molecule has 1 aliphatic heterocycles. The summed E-state index contributed by atoms with van der Waals surface area (Å²) in [6.07, 6.45) is 38.9. The molecular formula is C44H79NO9P+. The Labute approximate surface area is 335 Å². The zero-order chi connectivity index (χ0) is 40.5. The number of carbonyl (C=O) groups is 2. The normalized spacial score (nSPS) is 17.8. The zero-order valence-corrected chi connectivity index (χ0v) is 36.2. The van der Waals surface area contributed by atoms with Gasteiger partial charge in [0.2, 0.25) is 0 Å². The Kier molecular flexibility index (Phi) is 30.5. The first-order valence-corrected chi connectivity index (χ1v) is 23.0. The Hall–Kier alpha value is -2.07. The number of phosphoric acid groups is 1. The van der Waals surface area contributed by atoms with Gasteiger partial charge in [0.05, 0.1) is 40.0 Å². The maximum Gasteiger partial charge on any atom is 0.472 e. The van der Waals surface area contributed by atoms with Crippen LogP contribution in [0, 0.1) is 0 Å². The summed E-state index contributed by atoms with van der Waals surface area (Å²) in [5, 5.41) is 0. The highest BCUT2D eigenvalue weighted by Crippen LogP contribution is 2.43. The van der Waals surface area contributed by atoms with Gasteiger partial charge in [-0.3, -0.25) is 18.6 Å². The van der Waals surface area contributed by atoms with E-state index in [1.165, 1.54) is 57.8 Å². The predicted octanol–water partition coefficient (Wildman–Crippen LogP) is 10.9. The van der Waals surface area contributed by atoms with Crippen molar-refractivity contribution in [2.45, 2.75) is 173 Å². The minimum absolute atomic E-state index is 0.0146. The van der Waals surface area contributed by atoms with Gasteiger partial charge >= 0.3 is 19.8 Å². The summed E-state index contributed by atoms with van der Waals surface area (Å²) >= 11 is 0. The van der Waals surface area contributed by atoms with Crippen molar-refractivity contribution in [2.75, 3.05) is 47.5 Å². The molecule has 1 fully saturated rings. The fourth-order valence-corrected chi connectivity index (χ4v) is 6.48. The molecular weight excluding hydrogens is 717 g/mol. The highest BCUT2D eigenvalue weighted by Gasteiger charge is 2.37. The Morgan fingerprint density at radius 3 is 1.89 bits per heavy atom. The Morgan fingerprint density at radius 1 is 0.673 bits per heavy atom. The van der Waals surface area contributed by atoms with E-state index in [9.17, 15) is 19.0 Å². The third-order valence-electron chi connectivity index (χ3n) is 9.26. The zero-order valence-electron chi connectivity index (χ0n) is 35.3. The van der Waals surface area contributed by atoms with E-state index in [4.69, 9.17) is 23.3 Å². The number of hydrogen-bond donors (Lipinski definition) is 1. The molecule has 0 radical (unpaired) electrons. The smallest absolute Gasteiger partial charge is 0.462 e. The molecule has 1 rings (SSSR count). The Bertz CT molecular complexity index is 1150. The molecule has 1 heterocycles. The molecule has 10 nitrogen and oxygen atoms in total. The first-order valence-electron chi connectivity index (χ1n) is 21.5. The van der Waals surface area contributed by atoms with Crippen LogP contribution in [0.2, 0.25) is 0 Å². The molecule has 0 aromatic carbocycles. The second-order valence-electron chi connectivity index (χ2n) is 15.8. The molecule has 1 N–H and O–H groups in total. The van der Waals surface area contributed by atoms with Crippen LogP contribution >= 0.6 is 7.82 Å². The van der Waals surface area contributed by atoms with Crippen LogP contribution < -0.4 is 0 Å². The number of phosphoric ester groups is 1. The molecule has 0 saturated carbocycles. The number of likely N-dealkylation sites (N-methyl/N-ethyl adjacent to an activating group) is 1. The summed E-state index contributed by atoms with van der Waals surface area (Å²) < 4.78 is 40.0. The molecule has 4 atom stereocenters. The van der Waals surface area contributed by atoms with Crippen LogP contribution in [0.5, 0.6) is 0 Å². The second kappa shape index (κ2) is 33.0. The van der Waals surface area contributed by atoms with Crippen LogP contribution in [-0.2, 0) is 37.4 Å². The number of epoxide rings is 1. The number of esters is 2. The molecule has 55 heavy (non-hydrogen) atoms. The molecule has 1 aliphatic rings. The molecule has 0 amide bonds. The lowest BCUT2D eigenvalue weighted by atomic mass is 10.1. The summed E-state index contributed by atoms with van der Waals surface area (Å²) in [5.74, 6) is -0.889. The monoisotopic (exact) mass is 797 g/mol. The lowest BCUT2D eigenvalue weighted by Gasteiger charge is -2.24. The van der Waals surface area contributed by atoms with Crippen LogP contribution in [0.1, 0.15) is 155 Å². The number of hydrogen-bond acceptors (Lipinski definition) is 8. The molecule has 1 saturated heterocycles. The third-order valence-corrected chi connectivity index (χ3v) is 10.2. The average Bonchev–Trinajstić information content (AvgIpc) is 3.88. The van der Waals surface area contributed by atoms with Crippen molar-refractivity contribution in [2.24, 2.45) is 0 Å². The van der Waals surface area contributed by atoms with Crippen molar-refractivity contribution in [3.05, 3.63) is 48.6 Å². The van der Waals surface area contributed by atoms with Gasteiger partial charge in [0.25, 0.3) is 0 Å². The van der Waals surface area contributed by atoms with E-state index in [0.717, 1.165) is 57.8 Å². The first-order chi connectivity index (χ1) is 26.5. The van der Waals surface area contributed by atoms with Crippen LogP contribution in [0.25, 0.3) is 0 Å². The van der Waals surface area contributed by atoms with E-state index in [1.807, 2.05) is 21.1 Å². The van der Waals surface area contributed by atoms with Gasteiger partial charge < -0.3 is 23.6 Å². The van der Waals surface area contributed by atoms with Gasteiger partial charge in [0.1, 0.15) is 19.8 Å². The number of ether oxygens (including phenoxy) is 3. The minimum atomic E-state index is -4.40. The number of unbranched alkanes of at least 4 members (excludes halogenated alkanes) is 12. The molecule has 11 heteroatoms. The summed E-state index contributed by atoms with van der Waals surface area (Å²) in [5.41, 5.74) is 0. The fraction of sp³-hybridized carbons (Fsp3) is 0.773. The van der Waals surface area contributed by atoms with Gasteiger partial charge in [-0.2, -0.15) is 0 Å². The van der Waals surface area contributed by atoms with Gasteiger partial charge in [-0.1, -0.05) is 114 Å². The van der Waals surface area contributed by atoms with E-state index in [2.05, 4.69) is 62.5 Å². The number of nitrogens with zero attached hydrogens (tertiary/aromatic N) is 1. The van der Waals surface area contributed by atoms with Crippen molar-refractivity contribution >= 4 is 19.8 Å². The summed E-state index contributed by atoms with van der Waals surface area (Å²) in [6, 6.07) is 0. The fourth-order valence-electron chi connectivity index (χ4n) is 5.74. The van der Waals surface area contributed by atoms with E-state index in [1.54, 1.807) is 0 Å². The number of quaternary nitrogens is 1. The van der Waals surface area contributed by atoms with Crippen LogP contribution in [0.4, 0.5) is 0 Å². The van der Waals surface area contributed by atoms with Crippen molar-refractivity contribution in [3.8, 4) is 0 Å². The molecule has 318 valence electrons. The van der Waals surface area contributed by atoms with E-state index < -0.39 is 32.5 Å². The van der Waals surface area contributed by atoms with Crippen molar-refractivity contribution in [3.63, 3.8) is 0 Å². The number of allylic oxidation sites excluding steroid dienone is 7. The minimum Gasteiger partial charge on any atom is -0.462 e. The first kappa shape index (κ1) is 50.9. The highest BCUT2D eigenvalue weighted by molar-refractivity contribution is 7.47. The molecule has 0 spiro atoms. The van der Waals surface area contributed by atoms with Gasteiger partial charge in [-0.15, -0.1) is 0 Å². The molecule has 0 aliphatic carbocycles. The Morgan fingerprint density at radius 2 is 1.22 bits per heavy atom. The van der Waals surface area contributed by atoms with Crippen LogP contribution in [-0.4, -0.2) is 87.1 Å². The lowest BCUT2D eigenvalue weighted by molar-refractivity contribution is -0.870. The SMILES string of the molecule is CCCCC/C=C\C/C=C\C/C=C\CC1OC1CCCC(=O)OC(COC(=O)CCCCCCC/C=C\CCCCCC)COP(=O)(O)OCC[N+](C)(C)C. The Balaban J connectivity index is 2.37. The predicted molar refractivity (Wildman–Crippen MR) is 224 cm³/mol. The van der Waals surface area contributed by atoms with Crippen molar-refractivity contribution < 1.29 is 46.8 Å². The number of rotatable bonds is 37. The van der Waals surface area contributed by atoms with Gasteiger partial charge in [0.15, 0.2) is 6.10 Å². The maximum atomic E-state index is 12.7. The van der Waals surface area contributed by atoms with Crippen molar-refractivity contribution in [1.29, 1.82) is 0 Å². The van der Waals surface area contributed by atoms with Crippen LogP contribution in [0.3, 0.4) is 0 Å². The number of carbonyl (C=O) groups excluding carboxylic acids is 2. The van der Waals surface area contributed by atoms with E-state index >= 15 is 0 Å². The van der Waals surface area contributed by atoms with Crippen LogP contribution in [0.15, 0.2) is 48.6 Å². The van der Waals surface area contributed by atoms with Gasteiger partial charge in [-0.05, 0) is 77.0 Å². The second-order valence-corrected chi connectivity index (χ2v) is 17.2. The van der Waals surface area contributed by atoms with Gasteiger partial charge in [0, 0.05) is 12.8 Å². The quantitative estimate of drug-likeness (QED) is 0.0163.